The number of hydrogen-bond acceptors (Lipinski definition) is 3. The second-order valence-corrected chi connectivity index (χ2v) is 7.86. The first kappa shape index (κ1) is 20.9. The van der Waals surface area contributed by atoms with Gasteiger partial charge in [0.05, 0.1) is 44.1 Å². The molecule has 0 aliphatic carbocycles. The summed E-state index contributed by atoms with van der Waals surface area (Å²) in [6.45, 7) is 8.15. The summed E-state index contributed by atoms with van der Waals surface area (Å²) in [4.78, 5) is 16.9. The molecule has 4 rings (SSSR count). The molecule has 1 aliphatic rings. The van der Waals surface area contributed by atoms with Crippen molar-refractivity contribution in [1.29, 1.82) is 0 Å². The van der Waals surface area contributed by atoms with E-state index in [0.29, 0.717) is 12.2 Å². The number of carbonyl (C=O) groups excluding carboxylic acids is 1. The fraction of sp³-hybridized carbons (Fsp3) is 0.269. The first-order valence-corrected chi connectivity index (χ1v) is 11.0. The average molecular weight is 417 g/mol. The van der Waals surface area contributed by atoms with Crippen LogP contribution in [0.4, 0.5) is 11.4 Å². The number of rotatable bonds is 7. The Bertz CT molecular complexity index is 981. The summed E-state index contributed by atoms with van der Waals surface area (Å²) in [6, 6.07) is 25.4. The highest BCUT2D eigenvalue weighted by atomic mass is 16.5. The predicted octanol–water partition coefficient (Wildman–Crippen LogP) is 3.24. The molecule has 0 bridgehead atoms. The number of quaternary nitrogens is 1. The van der Waals surface area contributed by atoms with Gasteiger partial charge in [-0.15, -0.1) is 0 Å². The summed E-state index contributed by atoms with van der Waals surface area (Å²) in [5, 5.41) is 3.11. The Labute approximate surface area is 184 Å². The van der Waals surface area contributed by atoms with E-state index >= 15 is 0 Å². The van der Waals surface area contributed by atoms with Gasteiger partial charge in [0, 0.05) is 5.56 Å². The van der Waals surface area contributed by atoms with Crippen molar-refractivity contribution >= 4 is 17.3 Å². The smallest absolute Gasteiger partial charge is 0.255 e. The minimum absolute atomic E-state index is 0.0965. The molecule has 1 saturated heterocycles. The van der Waals surface area contributed by atoms with Gasteiger partial charge in [-0.05, 0) is 48.9 Å². The summed E-state index contributed by atoms with van der Waals surface area (Å²) >= 11 is 0. The molecule has 0 atom stereocenters. The maximum Gasteiger partial charge on any atom is 0.255 e. The molecule has 0 aromatic heterocycles. The van der Waals surface area contributed by atoms with E-state index in [-0.39, 0.29) is 5.91 Å². The molecule has 0 spiro atoms. The molecule has 0 unspecified atom stereocenters. The Balaban J connectivity index is 1.38. The third-order valence-corrected chi connectivity index (χ3v) is 5.83. The van der Waals surface area contributed by atoms with Gasteiger partial charge in [-0.3, -0.25) is 4.79 Å². The van der Waals surface area contributed by atoms with Crippen LogP contribution in [0, 0.1) is 0 Å². The fourth-order valence-corrected chi connectivity index (χ4v) is 3.90. The first-order chi connectivity index (χ1) is 15.2. The third-order valence-electron chi connectivity index (χ3n) is 5.83. The van der Waals surface area contributed by atoms with Crippen LogP contribution in [-0.2, 0) is 6.61 Å². The standard InChI is InChI=1S/C26H29N3O2/c1-2-28-16-18-29(19-17-28)25-11-7-6-10-24(25)27-26(30)22-14-12-21(13-15-22)20-31-23-8-4-3-5-9-23/h3-15H,2,16-20H2,1H3,(H,27,30)/p+1. The maximum atomic E-state index is 12.9. The van der Waals surface area contributed by atoms with Crippen LogP contribution in [0.1, 0.15) is 22.8 Å². The van der Waals surface area contributed by atoms with Crippen LogP contribution in [0.3, 0.4) is 0 Å². The van der Waals surface area contributed by atoms with Gasteiger partial charge in [0.2, 0.25) is 0 Å². The molecular formula is C26H30N3O2+. The number of likely N-dealkylation sites (N-methyl/N-ethyl adjacent to an activating group) is 1. The number of nitrogens with zero attached hydrogens (tertiary/aromatic N) is 1. The second kappa shape index (κ2) is 10.1. The summed E-state index contributed by atoms with van der Waals surface area (Å²) in [5.74, 6) is 0.739. The first-order valence-electron chi connectivity index (χ1n) is 11.0. The van der Waals surface area contributed by atoms with Crippen molar-refractivity contribution in [3.8, 4) is 5.75 Å². The van der Waals surface area contributed by atoms with Gasteiger partial charge in [0.15, 0.2) is 0 Å². The van der Waals surface area contributed by atoms with Crippen molar-refractivity contribution in [2.45, 2.75) is 13.5 Å². The van der Waals surface area contributed by atoms with Crippen LogP contribution < -0.4 is 19.9 Å². The van der Waals surface area contributed by atoms with E-state index < -0.39 is 0 Å². The molecule has 1 heterocycles. The normalized spacial score (nSPS) is 14.3. The minimum atomic E-state index is -0.0965. The van der Waals surface area contributed by atoms with Gasteiger partial charge in [0.1, 0.15) is 12.4 Å². The topological polar surface area (TPSA) is 46.0 Å². The van der Waals surface area contributed by atoms with Crippen molar-refractivity contribution in [2.24, 2.45) is 0 Å². The van der Waals surface area contributed by atoms with Gasteiger partial charge in [-0.25, -0.2) is 0 Å². The molecule has 3 aromatic carbocycles. The van der Waals surface area contributed by atoms with Crippen LogP contribution in [-0.4, -0.2) is 38.6 Å². The summed E-state index contributed by atoms with van der Waals surface area (Å²) in [6.07, 6.45) is 0. The quantitative estimate of drug-likeness (QED) is 0.622. The van der Waals surface area contributed by atoms with Crippen molar-refractivity contribution in [2.75, 3.05) is 42.9 Å². The Hall–Kier alpha value is -3.31. The minimum Gasteiger partial charge on any atom is -0.489 e. The summed E-state index contributed by atoms with van der Waals surface area (Å²) in [7, 11) is 0. The summed E-state index contributed by atoms with van der Waals surface area (Å²) in [5.41, 5.74) is 3.62. The molecule has 2 N–H and O–H groups in total. The number of nitrogens with one attached hydrogen (secondary N) is 2. The molecule has 5 nitrogen and oxygen atoms in total. The molecule has 1 aliphatic heterocycles. The number of para-hydroxylation sites is 3. The van der Waals surface area contributed by atoms with E-state index in [4.69, 9.17) is 4.74 Å². The molecule has 160 valence electrons. The predicted molar refractivity (Wildman–Crippen MR) is 125 cm³/mol. The van der Waals surface area contributed by atoms with Gasteiger partial charge in [-0.2, -0.15) is 0 Å². The van der Waals surface area contributed by atoms with Crippen LogP contribution >= 0.6 is 0 Å². The number of hydrogen-bond donors (Lipinski definition) is 2. The Morgan fingerprint density at radius 3 is 2.32 bits per heavy atom. The van der Waals surface area contributed by atoms with Crippen molar-refractivity contribution in [3.63, 3.8) is 0 Å². The lowest BCUT2D eigenvalue weighted by molar-refractivity contribution is -0.898. The SMILES string of the molecule is CC[NH+]1CCN(c2ccccc2NC(=O)c2ccc(COc3ccccc3)cc2)CC1. The molecular weight excluding hydrogens is 386 g/mol. The monoisotopic (exact) mass is 416 g/mol. The number of amides is 1. The van der Waals surface area contributed by atoms with Crippen molar-refractivity contribution in [3.05, 3.63) is 90.0 Å². The largest absolute Gasteiger partial charge is 0.489 e. The number of anilines is 2. The van der Waals surface area contributed by atoms with Crippen molar-refractivity contribution in [1.82, 2.24) is 0 Å². The van der Waals surface area contributed by atoms with Gasteiger partial charge in [-0.1, -0.05) is 42.5 Å². The lowest BCUT2D eigenvalue weighted by Crippen LogP contribution is -3.14. The van der Waals surface area contributed by atoms with E-state index in [0.717, 1.165) is 48.9 Å². The van der Waals surface area contributed by atoms with E-state index in [1.54, 1.807) is 4.90 Å². The number of benzene rings is 3. The van der Waals surface area contributed by atoms with E-state index in [1.807, 2.05) is 72.8 Å². The van der Waals surface area contributed by atoms with E-state index in [2.05, 4.69) is 23.2 Å². The van der Waals surface area contributed by atoms with E-state index in [1.165, 1.54) is 6.54 Å². The zero-order valence-electron chi connectivity index (χ0n) is 18.0. The summed E-state index contributed by atoms with van der Waals surface area (Å²) < 4.78 is 5.78. The van der Waals surface area contributed by atoms with Crippen LogP contribution in [0.25, 0.3) is 0 Å². The highest BCUT2D eigenvalue weighted by Gasteiger charge is 2.21. The van der Waals surface area contributed by atoms with Gasteiger partial charge < -0.3 is 19.9 Å². The molecule has 31 heavy (non-hydrogen) atoms. The number of ether oxygens (including phenoxy) is 1. The third kappa shape index (κ3) is 5.44. The molecule has 0 radical (unpaired) electrons. The number of piperazine rings is 1. The fourth-order valence-electron chi connectivity index (χ4n) is 3.90. The highest BCUT2D eigenvalue weighted by molar-refractivity contribution is 6.06. The average Bonchev–Trinajstić information content (AvgIpc) is 2.84. The van der Waals surface area contributed by atoms with Gasteiger partial charge in [0.25, 0.3) is 5.91 Å². The van der Waals surface area contributed by atoms with Crippen molar-refractivity contribution < 1.29 is 14.4 Å². The highest BCUT2D eigenvalue weighted by Crippen LogP contribution is 2.26. The Morgan fingerprint density at radius 2 is 1.61 bits per heavy atom. The molecule has 1 amide bonds. The van der Waals surface area contributed by atoms with Crippen LogP contribution in [0.2, 0.25) is 0 Å². The zero-order valence-corrected chi connectivity index (χ0v) is 18.0. The molecule has 3 aromatic rings. The van der Waals surface area contributed by atoms with Crippen LogP contribution in [0.15, 0.2) is 78.9 Å². The van der Waals surface area contributed by atoms with Crippen LogP contribution in [0.5, 0.6) is 5.75 Å². The zero-order chi connectivity index (χ0) is 21.5. The van der Waals surface area contributed by atoms with Gasteiger partial charge >= 0.3 is 0 Å². The number of carbonyl (C=O) groups is 1. The molecule has 1 fully saturated rings. The Morgan fingerprint density at radius 1 is 0.935 bits per heavy atom. The van der Waals surface area contributed by atoms with E-state index in [9.17, 15) is 4.79 Å². The lowest BCUT2D eigenvalue weighted by atomic mass is 10.1. The maximum absolute atomic E-state index is 12.9. The second-order valence-electron chi connectivity index (χ2n) is 7.86. The lowest BCUT2D eigenvalue weighted by Gasteiger charge is -2.34. The Kier molecular flexibility index (Phi) is 6.85. The molecule has 0 saturated carbocycles. The molecule has 5 heteroatoms.